The summed E-state index contributed by atoms with van der Waals surface area (Å²) < 4.78 is 6.82. The summed E-state index contributed by atoms with van der Waals surface area (Å²) in [7, 11) is 0. The van der Waals surface area contributed by atoms with Crippen molar-refractivity contribution in [1.29, 1.82) is 0 Å². The van der Waals surface area contributed by atoms with Crippen LogP contribution in [0.4, 0.5) is 0 Å². The molecule has 1 heterocycles. The number of morpholine rings is 1. The normalized spacial score (nSPS) is 21.9. The Morgan fingerprint density at radius 1 is 1.55 bits per heavy atom. The molecule has 1 aromatic rings. The first-order valence-corrected chi connectivity index (χ1v) is 8.30. The predicted octanol–water partition coefficient (Wildman–Crippen LogP) is 3.08. The van der Waals surface area contributed by atoms with E-state index < -0.39 is 0 Å². The quantitative estimate of drug-likeness (QED) is 0.876. The third-order valence-electron chi connectivity index (χ3n) is 3.67. The highest BCUT2D eigenvalue weighted by atomic mass is 79.9. The fraction of sp³-hybridized carbons (Fsp3) is 0.600. The zero-order valence-corrected chi connectivity index (χ0v) is 14.2. The summed E-state index contributed by atoms with van der Waals surface area (Å²) >= 11 is 9.67. The molecule has 3 nitrogen and oxygen atoms in total. The Balaban J connectivity index is 1.95. The molecule has 0 aliphatic carbocycles. The van der Waals surface area contributed by atoms with E-state index in [-0.39, 0.29) is 12.1 Å². The maximum Gasteiger partial charge on any atom is 0.0856 e. The first-order valence-electron chi connectivity index (χ1n) is 7.13. The second-order valence-electron chi connectivity index (χ2n) is 5.31. The molecule has 0 aromatic heterocycles. The molecule has 2 N–H and O–H groups in total. The summed E-state index contributed by atoms with van der Waals surface area (Å²) in [6.07, 6.45) is 2.01. The van der Waals surface area contributed by atoms with Crippen LogP contribution in [-0.4, -0.2) is 43.3 Å². The minimum atomic E-state index is -0.0201. The summed E-state index contributed by atoms with van der Waals surface area (Å²) in [5, 5.41) is 0.760. The van der Waals surface area contributed by atoms with Gasteiger partial charge in [0.25, 0.3) is 0 Å². The number of nitrogens with two attached hydrogens (primary N) is 1. The first kappa shape index (κ1) is 16.2. The highest BCUT2D eigenvalue weighted by Gasteiger charge is 2.25. The highest BCUT2D eigenvalue weighted by Crippen LogP contribution is 2.23. The van der Waals surface area contributed by atoms with Gasteiger partial charge in [0.2, 0.25) is 0 Å². The lowest BCUT2D eigenvalue weighted by Crippen LogP contribution is -2.51. The van der Waals surface area contributed by atoms with Crippen molar-refractivity contribution >= 4 is 27.5 Å². The summed E-state index contributed by atoms with van der Waals surface area (Å²) in [5.74, 6) is 0. The highest BCUT2D eigenvalue weighted by molar-refractivity contribution is 9.10. The molecule has 0 radical (unpaired) electrons. The van der Waals surface area contributed by atoms with Gasteiger partial charge in [0.05, 0.1) is 12.7 Å². The second kappa shape index (κ2) is 7.76. The molecule has 112 valence electrons. The van der Waals surface area contributed by atoms with Gasteiger partial charge in [-0.15, -0.1) is 0 Å². The average molecular weight is 362 g/mol. The van der Waals surface area contributed by atoms with Crippen LogP contribution in [0.25, 0.3) is 0 Å². The van der Waals surface area contributed by atoms with Crippen LogP contribution >= 0.6 is 27.5 Å². The molecule has 2 rings (SSSR count). The van der Waals surface area contributed by atoms with Crippen LogP contribution in [0.1, 0.15) is 18.9 Å². The molecule has 0 saturated carbocycles. The van der Waals surface area contributed by atoms with Crippen LogP contribution in [0.5, 0.6) is 0 Å². The SMILES string of the molecule is CCCN1CCOC(C(N)Cc2ccc(Br)cc2Cl)C1. The third kappa shape index (κ3) is 4.43. The van der Waals surface area contributed by atoms with Crippen molar-refractivity contribution < 1.29 is 4.74 Å². The van der Waals surface area contributed by atoms with Gasteiger partial charge in [-0.05, 0) is 37.1 Å². The molecule has 0 spiro atoms. The molecule has 0 bridgehead atoms. The van der Waals surface area contributed by atoms with E-state index in [0.717, 1.165) is 47.7 Å². The molecule has 1 aromatic carbocycles. The number of rotatable bonds is 5. The predicted molar refractivity (Wildman–Crippen MR) is 87.3 cm³/mol. The molecule has 0 amide bonds. The fourth-order valence-corrected chi connectivity index (χ4v) is 3.33. The zero-order valence-electron chi connectivity index (χ0n) is 11.8. The van der Waals surface area contributed by atoms with E-state index in [1.165, 1.54) is 6.42 Å². The van der Waals surface area contributed by atoms with Crippen molar-refractivity contribution in [3.05, 3.63) is 33.3 Å². The fourth-order valence-electron chi connectivity index (χ4n) is 2.58. The van der Waals surface area contributed by atoms with Crippen molar-refractivity contribution in [3.63, 3.8) is 0 Å². The molecule has 1 aliphatic heterocycles. The number of benzene rings is 1. The van der Waals surface area contributed by atoms with Crippen molar-refractivity contribution in [2.45, 2.75) is 31.9 Å². The maximum absolute atomic E-state index is 6.32. The molecular weight excluding hydrogens is 340 g/mol. The van der Waals surface area contributed by atoms with Crippen molar-refractivity contribution in [1.82, 2.24) is 4.90 Å². The van der Waals surface area contributed by atoms with Gasteiger partial charge in [0, 0.05) is 28.6 Å². The standard InChI is InChI=1S/C15H22BrClN2O/c1-2-5-19-6-7-20-15(10-19)14(18)8-11-3-4-12(16)9-13(11)17/h3-4,9,14-15H,2,5-8,10,18H2,1H3. The van der Waals surface area contributed by atoms with Crippen LogP contribution in [0.2, 0.25) is 5.02 Å². The van der Waals surface area contributed by atoms with Crippen molar-refractivity contribution in [2.24, 2.45) is 5.73 Å². The Kier molecular flexibility index (Phi) is 6.30. The molecular formula is C15H22BrClN2O. The number of halogens is 2. The average Bonchev–Trinajstić information content (AvgIpc) is 2.42. The summed E-state index contributed by atoms with van der Waals surface area (Å²) in [4.78, 5) is 2.43. The molecule has 2 unspecified atom stereocenters. The Hall–Kier alpha value is -0.130. The van der Waals surface area contributed by atoms with Crippen molar-refractivity contribution in [3.8, 4) is 0 Å². The maximum atomic E-state index is 6.32. The lowest BCUT2D eigenvalue weighted by molar-refractivity contribution is -0.0400. The van der Waals surface area contributed by atoms with Crippen LogP contribution in [0.15, 0.2) is 22.7 Å². The minimum Gasteiger partial charge on any atom is -0.374 e. The Morgan fingerprint density at radius 2 is 2.35 bits per heavy atom. The van der Waals surface area contributed by atoms with E-state index in [4.69, 9.17) is 22.1 Å². The van der Waals surface area contributed by atoms with Gasteiger partial charge < -0.3 is 10.5 Å². The largest absolute Gasteiger partial charge is 0.374 e. The van der Waals surface area contributed by atoms with E-state index in [0.29, 0.717) is 0 Å². The van der Waals surface area contributed by atoms with Gasteiger partial charge in [0.15, 0.2) is 0 Å². The number of hydrogen-bond donors (Lipinski definition) is 1. The molecule has 2 atom stereocenters. The Labute approximate surface area is 134 Å². The molecule has 20 heavy (non-hydrogen) atoms. The summed E-state index contributed by atoms with van der Waals surface area (Å²) in [6.45, 7) is 6.02. The van der Waals surface area contributed by atoms with E-state index in [1.807, 2.05) is 18.2 Å². The van der Waals surface area contributed by atoms with E-state index in [1.54, 1.807) is 0 Å². The third-order valence-corrected chi connectivity index (χ3v) is 4.51. The van der Waals surface area contributed by atoms with Crippen LogP contribution in [-0.2, 0) is 11.2 Å². The van der Waals surface area contributed by atoms with Gasteiger partial charge >= 0.3 is 0 Å². The van der Waals surface area contributed by atoms with Gasteiger partial charge in [-0.3, -0.25) is 4.90 Å². The first-order chi connectivity index (χ1) is 9.60. The molecule has 1 saturated heterocycles. The summed E-state index contributed by atoms with van der Waals surface area (Å²) in [5.41, 5.74) is 7.41. The lowest BCUT2D eigenvalue weighted by atomic mass is 10.0. The molecule has 1 aliphatic rings. The zero-order chi connectivity index (χ0) is 14.5. The monoisotopic (exact) mass is 360 g/mol. The van der Waals surface area contributed by atoms with Crippen LogP contribution in [0.3, 0.4) is 0 Å². The van der Waals surface area contributed by atoms with Gasteiger partial charge in [0.1, 0.15) is 0 Å². The molecule has 5 heteroatoms. The number of hydrogen-bond acceptors (Lipinski definition) is 3. The smallest absolute Gasteiger partial charge is 0.0856 e. The van der Waals surface area contributed by atoms with Crippen molar-refractivity contribution in [2.75, 3.05) is 26.2 Å². The summed E-state index contributed by atoms with van der Waals surface area (Å²) in [6, 6.07) is 5.92. The van der Waals surface area contributed by atoms with E-state index >= 15 is 0 Å². The van der Waals surface area contributed by atoms with Crippen LogP contribution < -0.4 is 5.73 Å². The molecule has 1 fully saturated rings. The van der Waals surface area contributed by atoms with Gasteiger partial charge in [-0.1, -0.05) is 40.5 Å². The van der Waals surface area contributed by atoms with E-state index in [2.05, 4.69) is 27.8 Å². The second-order valence-corrected chi connectivity index (χ2v) is 6.64. The number of nitrogens with zero attached hydrogens (tertiary/aromatic N) is 1. The number of ether oxygens (including phenoxy) is 1. The Morgan fingerprint density at radius 3 is 3.05 bits per heavy atom. The minimum absolute atomic E-state index is 0.0201. The van der Waals surface area contributed by atoms with E-state index in [9.17, 15) is 0 Å². The Bertz CT molecular complexity index is 442. The topological polar surface area (TPSA) is 38.5 Å². The lowest BCUT2D eigenvalue weighted by Gasteiger charge is -2.35. The van der Waals surface area contributed by atoms with Crippen LogP contribution in [0, 0.1) is 0 Å². The van der Waals surface area contributed by atoms with Gasteiger partial charge in [-0.25, -0.2) is 0 Å². The van der Waals surface area contributed by atoms with Gasteiger partial charge in [-0.2, -0.15) is 0 Å².